The molecule has 0 radical (unpaired) electrons. The van der Waals surface area contributed by atoms with E-state index in [0.29, 0.717) is 6.54 Å². The molecule has 3 N–H and O–H groups in total. The van der Waals surface area contributed by atoms with Gasteiger partial charge in [-0.2, -0.15) is 0 Å². The number of H-pyrrole nitrogens is 1. The topological polar surface area (TPSA) is 54.7 Å². The largest absolute Gasteiger partial charge is 0.340 e. The van der Waals surface area contributed by atoms with Gasteiger partial charge in [-0.15, -0.1) is 11.3 Å². The van der Waals surface area contributed by atoms with E-state index in [2.05, 4.69) is 28.3 Å². The Balaban J connectivity index is 2.41. The summed E-state index contributed by atoms with van der Waals surface area (Å²) in [6.07, 6.45) is 1.83. The van der Waals surface area contributed by atoms with E-state index in [1.165, 1.54) is 10.4 Å². The highest BCUT2D eigenvalue weighted by molar-refractivity contribution is 7.13. The SMILES string of the molecule is Cc1ccsc1-c1cnc(CN)[nH]1. The van der Waals surface area contributed by atoms with Gasteiger partial charge in [-0.05, 0) is 23.9 Å². The number of nitrogens with one attached hydrogen (secondary N) is 1. The van der Waals surface area contributed by atoms with Crippen LogP contribution in [0, 0.1) is 6.92 Å². The molecule has 0 aliphatic rings. The zero-order chi connectivity index (χ0) is 9.26. The summed E-state index contributed by atoms with van der Waals surface area (Å²) in [5, 5.41) is 2.08. The van der Waals surface area contributed by atoms with Crippen LogP contribution in [0.5, 0.6) is 0 Å². The summed E-state index contributed by atoms with van der Waals surface area (Å²) in [4.78, 5) is 8.58. The predicted octanol–water partition coefficient (Wildman–Crippen LogP) is 1.91. The average Bonchev–Trinajstić information content (AvgIpc) is 2.71. The number of nitrogens with two attached hydrogens (primary N) is 1. The first-order valence-corrected chi connectivity index (χ1v) is 4.97. The highest BCUT2D eigenvalue weighted by atomic mass is 32.1. The normalized spacial score (nSPS) is 10.6. The van der Waals surface area contributed by atoms with Crippen LogP contribution in [0.4, 0.5) is 0 Å². The van der Waals surface area contributed by atoms with Gasteiger partial charge in [0.1, 0.15) is 5.82 Å². The van der Waals surface area contributed by atoms with Crippen molar-refractivity contribution in [3.05, 3.63) is 29.0 Å². The van der Waals surface area contributed by atoms with E-state index in [-0.39, 0.29) is 0 Å². The Morgan fingerprint density at radius 3 is 3.00 bits per heavy atom. The second kappa shape index (κ2) is 3.32. The molecule has 68 valence electrons. The molecule has 3 nitrogen and oxygen atoms in total. The molecule has 2 heterocycles. The third-order valence-corrected chi connectivity index (χ3v) is 2.98. The number of hydrogen-bond donors (Lipinski definition) is 2. The van der Waals surface area contributed by atoms with Crippen LogP contribution in [0.25, 0.3) is 10.6 Å². The van der Waals surface area contributed by atoms with Gasteiger partial charge in [-0.3, -0.25) is 0 Å². The van der Waals surface area contributed by atoms with Crippen molar-refractivity contribution >= 4 is 11.3 Å². The third-order valence-electron chi connectivity index (χ3n) is 1.93. The highest BCUT2D eigenvalue weighted by Gasteiger charge is 2.05. The lowest BCUT2D eigenvalue weighted by atomic mass is 10.2. The summed E-state index contributed by atoms with van der Waals surface area (Å²) < 4.78 is 0. The van der Waals surface area contributed by atoms with Gasteiger partial charge < -0.3 is 10.7 Å². The lowest BCUT2D eigenvalue weighted by molar-refractivity contribution is 0.951. The maximum Gasteiger partial charge on any atom is 0.120 e. The van der Waals surface area contributed by atoms with Crippen LogP contribution < -0.4 is 5.73 Å². The zero-order valence-electron chi connectivity index (χ0n) is 7.37. The fourth-order valence-corrected chi connectivity index (χ4v) is 2.12. The van der Waals surface area contributed by atoms with Crippen LogP contribution in [-0.2, 0) is 6.54 Å². The van der Waals surface area contributed by atoms with Crippen molar-refractivity contribution < 1.29 is 0 Å². The molecule has 0 fully saturated rings. The monoisotopic (exact) mass is 193 g/mol. The highest BCUT2D eigenvalue weighted by Crippen LogP contribution is 2.27. The lowest BCUT2D eigenvalue weighted by Gasteiger charge is -1.93. The average molecular weight is 193 g/mol. The summed E-state index contributed by atoms with van der Waals surface area (Å²) in [5.41, 5.74) is 7.80. The van der Waals surface area contributed by atoms with E-state index < -0.39 is 0 Å². The number of imidazole rings is 1. The molecule has 2 aromatic rings. The first-order valence-electron chi connectivity index (χ1n) is 4.09. The van der Waals surface area contributed by atoms with Crippen LogP contribution in [0.3, 0.4) is 0 Å². The molecule has 0 unspecified atom stereocenters. The van der Waals surface area contributed by atoms with Gasteiger partial charge in [0.2, 0.25) is 0 Å². The second-order valence-corrected chi connectivity index (χ2v) is 3.80. The number of nitrogens with zero attached hydrogens (tertiary/aromatic N) is 1. The minimum absolute atomic E-state index is 0.463. The molecule has 0 saturated carbocycles. The standard InChI is InChI=1S/C9H11N3S/c1-6-2-3-13-9(6)7-5-11-8(4-10)12-7/h2-3,5H,4,10H2,1H3,(H,11,12). The van der Waals surface area contributed by atoms with Gasteiger partial charge in [0.25, 0.3) is 0 Å². The maximum atomic E-state index is 5.46. The van der Waals surface area contributed by atoms with Crippen molar-refractivity contribution in [2.75, 3.05) is 0 Å². The minimum Gasteiger partial charge on any atom is -0.340 e. The minimum atomic E-state index is 0.463. The summed E-state index contributed by atoms with van der Waals surface area (Å²) >= 11 is 1.71. The van der Waals surface area contributed by atoms with Crippen LogP contribution >= 0.6 is 11.3 Å². The fourth-order valence-electron chi connectivity index (χ4n) is 1.23. The molecule has 0 aromatic carbocycles. The first-order chi connectivity index (χ1) is 6.31. The Morgan fingerprint density at radius 2 is 2.46 bits per heavy atom. The molecule has 2 aromatic heterocycles. The summed E-state index contributed by atoms with van der Waals surface area (Å²) in [6.45, 7) is 2.55. The molecule has 0 aliphatic heterocycles. The van der Waals surface area contributed by atoms with Crippen molar-refractivity contribution in [3.63, 3.8) is 0 Å². The number of aromatic nitrogens is 2. The van der Waals surface area contributed by atoms with Crippen LogP contribution in [0.2, 0.25) is 0 Å². The van der Waals surface area contributed by atoms with Crippen molar-refractivity contribution in [1.29, 1.82) is 0 Å². The molecule has 0 saturated heterocycles. The smallest absolute Gasteiger partial charge is 0.120 e. The Morgan fingerprint density at radius 1 is 1.62 bits per heavy atom. The van der Waals surface area contributed by atoms with Crippen molar-refractivity contribution in [3.8, 4) is 10.6 Å². The quantitative estimate of drug-likeness (QED) is 0.765. The van der Waals surface area contributed by atoms with E-state index in [0.717, 1.165) is 11.5 Å². The maximum absolute atomic E-state index is 5.46. The van der Waals surface area contributed by atoms with Crippen molar-refractivity contribution in [1.82, 2.24) is 9.97 Å². The second-order valence-electron chi connectivity index (χ2n) is 2.88. The summed E-state index contributed by atoms with van der Waals surface area (Å²) in [5.74, 6) is 0.836. The number of rotatable bonds is 2. The van der Waals surface area contributed by atoms with Gasteiger partial charge in [-0.25, -0.2) is 4.98 Å². The van der Waals surface area contributed by atoms with E-state index in [1.54, 1.807) is 11.3 Å². The molecular weight excluding hydrogens is 182 g/mol. The lowest BCUT2D eigenvalue weighted by Crippen LogP contribution is -1.97. The Labute approximate surface area is 80.6 Å². The van der Waals surface area contributed by atoms with E-state index in [4.69, 9.17) is 5.73 Å². The zero-order valence-corrected chi connectivity index (χ0v) is 8.19. The summed E-state index contributed by atoms with van der Waals surface area (Å²) in [6, 6.07) is 2.10. The van der Waals surface area contributed by atoms with Crippen molar-refractivity contribution in [2.45, 2.75) is 13.5 Å². The fraction of sp³-hybridized carbons (Fsp3) is 0.222. The first kappa shape index (κ1) is 8.47. The molecule has 2 rings (SSSR count). The van der Waals surface area contributed by atoms with Crippen LogP contribution in [0.1, 0.15) is 11.4 Å². The van der Waals surface area contributed by atoms with E-state index in [9.17, 15) is 0 Å². The van der Waals surface area contributed by atoms with E-state index in [1.807, 2.05) is 6.20 Å². The van der Waals surface area contributed by atoms with Crippen LogP contribution in [0.15, 0.2) is 17.6 Å². The van der Waals surface area contributed by atoms with Crippen LogP contribution in [-0.4, -0.2) is 9.97 Å². The van der Waals surface area contributed by atoms with Gasteiger partial charge in [0.15, 0.2) is 0 Å². The number of aromatic amines is 1. The van der Waals surface area contributed by atoms with Gasteiger partial charge >= 0.3 is 0 Å². The molecule has 0 amide bonds. The molecular formula is C9H11N3S. The molecule has 0 aliphatic carbocycles. The third kappa shape index (κ3) is 1.50. The molecule has 13 heavy (non-hydrogen) atoms. The molecule has 0 spiro atoms. The predicted molar refractivity (Wildman–Crippen MR) is 54.5 cm³/mol. The Kier molecular flexibility index (Phi) is 2.16. The Hall–Kier alpha value is -1.13. The van der Waals surface area contributed by atoms with Gasteiger partial charge in [0, 0.05) is 0 Å². The molecule has 0 bridgehead atoms. The molecule has 0 atom stereocenters. The summed E-state index contributed by atoms with van der Waals surface area (Å²) in [7, 11) is 0. The number of aryl methyl sites for hydroxylation is 1. The number of thiophene rings is 1. The van der Waals surface area contributed by atoms with E-state index >= 15 is 0 Å². The van der Waals surface area contributed by atoms with Crippen molar-refractivity contribution in [2.24, 2.45) is 5.73 Å². The Bertz CT molecular complexity index is 402. The van der Waals surface area contributed by atoms with Gasteiger partial charge in [0.05, 0.1) is 23.3 Å². The van der Waals surface area contributed by atoms with Gasteiger partial charge in [-0.1, -0.05) is 0 Å². The number of hydrogen-bond acceptors (Lipinski definition) is 3. The molecule has 4 heteroatoms.